The summed E-state index contributed by atoms with van der Waals surface area (Å²) in [5, 5.41) is 9.60. The van der Waals surface area contributed by atoms with Gasteiger partial charge >= 0.3 is 0 Å². The number of aromatic hydroxyl groups is 1. The number of carbonyl (C=O) groups excluding carboxylic acids is 1. The number of halogens is 1. The van der Waals surface area contributed by atoms with E-state index in [1.54, 1.807) is 23.1 Å². The van der Waals surface area contributed by atoms with E-state index >= 15 is 0 Å². The van der Waals surface area contributed by atoms with Crippen LogP contribution in [0.2, 0.25) is 0 Å². The Morgan fingerprint density at radius 3 is 2.76 bits per heavy atom. The van der Waals surface area contributed by atoms with Crippen LogP contribution in [0, 0.1) is 0 Å². The highest BCUT2D eigenvalue weighted by Crippen LogP contribution is 2.19. The number of nitrogens with zero attached hydrogens (tertiary/aromatic N) is 1. The quantitative estimate of drug-likeness (QED) is 0.798. The zero-order chi connectivity index (χ0) is 11.5. The molecule has 1 saturated heterocycles. The first-order chi connectivity index (χ1) is 7.68. The van der Waals surface area contributed by atoms with Gasteiger partial charge in [-0.3, -0.25) is 4.79 Å². The maximum absolute atomic E-state index is 12.1. The predicted octanol–water partition coefficient (Wildman–Crippen LogP) is 1.38. The van der Waals surface area contributed by atoms with Crippen LogP contribution in [0.25, 0.3) is 0 Å². The monoisotopic (exact) mass is 256 g/mol. The molecule has 1 fully saturated rings. The normalized spacial score (nSPS) is 19.6. The molecular formula is C12H17ClN2O2. The van der Waals surface area contributed by atoms with Gasteiger partial charge in [-0.1, -0.05) is 12.1 Å². The number of carbonyl (C=O) groups is 1. The summed E-state index contributed by atoms with van der Waals surface area (Å²) in [6.07, 6.45) is 1.89. The minimum atomic E-state index is -0.131. The highest BCUT2D eigenvalue weighted by atomic mass is 35.5. The maximum atomic E-state index is 12.1. The topological polar surface area (TPSA) is 66.6 Å². The molecule has 0 aromatic heterocycles. The highest BCUT2D eigenvalue weighted by molar-refractivity contribution is 5.96. The number of likely N-dealkylation sites (tertiary alicyclic amines) is 1. The van der Waals surface area contributed by atoms with Gasteiger partial charge in [0.1, 0.15) is 5.75 Å². The first kappa shape index (κ1) is 13.8. The number of phenolic OH excluding ortho intramolecular Hbond substituents is 1. The zero-order valence-electron chi connectivity index (χ0n) is 9.50. The molecule has 4 nitrogen and oxygen atoms in total. The first-order valence-corrected chi connectivity index (χ1v) is 5.51. The largest absolute Gasteiger partial charge is 0.507 e. The van der Waals surface area contributed by atoms with Crippen LogP contribution < -0.4 is 5.73 Å². The van der Waals surface area contributed by atoms with Gasteiger partial charge in [-0.2, -0.15) is 0 Å². The third kappa shape index (κ3) is 3.11. The van der Waals surface area contributed by atoms with Gasteiger partial charge in [0.25, 0.3) is 5.91 Å². The molecule has 1 amide bonds. The molecule has 1 aromatic rings. The summed E-state index contributed by atoms with van der Waals surface area (Å²) < 4.78 is 0. The molecule has 17 heavy (non-hydrogen) atoms. The fourth-order valence-electron chi connectivity index (χ4n) is 2.02. The van der Waals surface area contributed by atoms with E-state index in [2.05, 4.69) is 0 Å². The Labute approximate surface area is 107 Å². The number of nitrogens with two attached hydrogens (primary N) is 1. The summed E-state index contributed by atoms with van der Waals surface area (Å²) >= 11 is 0. The van der Waals surface area contributed by atoms with Crippen LogP contribution >= 0.6 is 12.4 Å². The van der Waals surface area contributed by atoms with Gasteiger partial charge in [-0.15, -0.1) is 12.4 Å². The van der Waals surface area contributed by atoms with E-state index in [0.717, 1.165) is 19.4 Å². The van der Waals surface area contributed by atoms with Gasteiger partial charge in [0, 0.05) is 19.1 Å². The standard InChI is InChI=1S/C12H16N2O2.ClH/c13-9-4-3-7-14(8-9)12(16)10-5-1-2-6-11(10)15;/h1-2,5-6,9,15H,3-4,7-8,13H2;1H. The molecule has 1 aliphatic rings. The van der Waals surface area contributed by atoms with E-state index in [1.165, 1.54) is 6.07 Å². The van der Waals surface area contributed by atoms with Crippen molar-refractivity contribution in [1.82, 2.24) is 4.90 Å². The number of hydrogen-bond donors (Lipinski definition) is 2. The van der Waals surface area contributed by atoms with Crippen molar-refractivity contribution in [3.8, 4) is 5.75 Å². The number of piperidine rings is 1. The van der Waals surface area contributed by atoms with E-state index in [-0.39, 0.29) is 30.1 Å². The Morgan fingerprint density at radius 2 is 2.12 bits per heavy atom. The molecule has 3 N–H and O–H groups in total. The summed E-state index contributed by atoms with van der Waals surface area (Å²) in [6, 6.07) is 6.67. The SMILES string of the molecule is Cl.NC1CCCN(C(=O)c2ccccc2O)C1. The third-order valence-electron chi connectivity index (χ3n) is 2.88. The lowest BCUT2D eigenvalue weighted by Crippen LogP contribution is -2.45. The molecule has 0 radical (unpaired) electrons. The summed E-state index contributed by atoms with van der Waals surface area (Å²) in [5.74, 6) is -0.0973. The predicted molar refractivity (Wildman–Crippen MR) is 68.5 cm³/mol. The molecule has 0 aliphatic carbocycles. The van der Waals surface area contributed by atoms with Crippen LogP contribution in [0.15, 0.2) is 24.3 Å². The first-order valence-electron chi connectivity index (χ1n) is 5.51. The van der Waals surface area contributed by atoms with E-state index < -0.39 is 0 Å². The van der Waals surface area contributed by atoms with Gasteiger partial charge in [-0.05, 0) is 25.0 Å². The van der Waals surface area contributed by atoms with Gasteiger partial charge in [0.2, 0.25) is 0 Å². The molecule has 1 heterocycles. The minimum absolute atomic E-state index is 0. The van der Waals surface area contributed by atoms with Crippen LogP contribution in [0.5, 0.6) is 5.75 Å². The molecule has 1 unspecified atom stereocenters. The second kappa shape index (κ2) is 5.89. The van der Waals surface area contributed by atoms with Crippen molar-refractivity contribution in [2.24, 2.45) is 5.73 Å². The maximum Gasteiger partial charge on any atom is 0.257 e. The van der Waals surface area contributed by atoms with E-state index in [0.29, 0.717) is 12.1 Å². The Balaban J connectivity index is 0.00000144. The van der Waals surface area contributed by atoms with Gasteiger partial charge in [-0.25, -0.2) is 0 Å². The van der Waals surface area contributed by atoms with E-state index in [9.17, 15) is 9.90 Å². The van der Waals surface area contributed by atoms with Gasteiger partial charge in [0.15, 0.2) is 0 Å². The average Bonchev–Trinajstić information content (AvgIpc) is 2.29. The van der Waals surface area contributed by atoms with Crippen molar-refractivity contribution in [3.05, 3.63) is 29.8 Å². The van der Waals surface area contributed by atoms with Crippen molar-refractivity contribution >= 4 is 18.3 Å². The summed E-state index contributed by atoms with van der Waals surface area (Å²) in [5.41, 5.74) is 6.18. The number of hydrogen-bond acceptors (Lipinski definition) is 3. The lowest BCUT2D eigenvalue weighted by Gasteiger charge is -2.30. The molecule has 2 rings (SSSR count). The van der Waals surface area contributed by atoms with E-state index in [1.807, 2.05) is 0 Å². The van der Waals surface area contributed by atoms with Crippen molar-refractivity contribution in [3.63, 3.8) is 0 Å². The number of amides is 1. The van der Waals surface area contributed by atoms with Crippen LogP contribution in [0.4, 0.5) is 0 Å². The molecule has 0 spiro atoms. The van der Waals surface area contributed by atoms with Crippen molar-refractivity contribution in [2.75, 3.05) is 13.1 Å². The summed E-state index contributed by atoms with van der Waals surface area (Å²) in [7, 11) is 0. The number of benzene rings is 1. The Hall–Kier alpha value is -1.26. The molecule has 1 aliphatic heterocycles. The smallest absolute Gasteiger partial charge is 0.257 e. The lowest BCUT2D eigenvalue weighted by atomic mass is 10.1. The molecule has 5 heteroatoms. The molecule has 0 saturated carbocycles. The molecule has 1 aromatic carbocycles. The Morgan fingerprint density at radius 1 is 1.41 bits per heavy atom. The Kier molecular flexibility index (Phi) is 4.78. The number of para-hydroxylation sites is 1. The Bertz CT molecular complexity index is 398. The zero-order valence-corrected chi connectivity index (χ0v) is 10.3. The fraction of sp³-hybridized carbons (Fsp3) is 0.417. The van der Waals surface area contributed by atoms with Crippen LogP contribution in [-0.4, -0.2) is 35.0 Å². The number of rotatable bonds is 1. The summed E-state index contributed by atoms with van der Waals surface area (Å²) in [6.45, 7) is 1.30. The highest BCUT2D eigenvalue weighted by Gasteiger charge is 2.23. The third-order valence-corrected chi connectivity index (χ3v) is 2.88. The van der Waals surface area contributed by atoms with Gasteiger partial charge in [0.05, 0.1) is 5.56 Å². The molecule has 1 atom stereocenters. The number of phenols is 1. The molecule has 94 valence electrons. The van der Waals surface area contributed by atoms with Crippen molar-refractivity contribution < 1.29 is 9.90 Å². The lowest BCUT2D eigenvalue weighted by molar-refractivity contribution is 0.0706. The van der Waals surface area contributed by atoms with Crippen LogP contribution in [0.3, 0.4) is 0 Å². The second-order valence-corrected chi connectivity index (χ2v) is 4.17. The molecular weight excluding hydrogens is 240 g/mol. The minimum Gasteiger partial charge on any atom is -0.507 e. The average molecular weight is 257 g/mol. The van der Waals surface area contributed by atoms with Crippen molar-refractivity contribution in [1.29, 1.82) is 0 Å². The molecule has 0 bridgehead atoms. The second-order valence-electron chi connectivity index (χ2n) is 4.17. The van der Waals surface area contributed by atoms with Crippen LogP contribution in [0.1, 0.15) is 23.2 Å². The summed E-state index contributed by atoms with van der Waals surface area (Å²) in [4.78, 5) is 13.8. The fourth-order valence-corrected chi connectivity index (χ4v) is 2.02. The van der Waals surface area contributed by atoms with Crippen LogP contribution in [-0.2, 0) is 0 Å². The van der Waals surface area contributed by atoms with Crippen molar-refractivity contribution in [2.45, 2.75) is 18.9 Å². The van der Waals surface area contributed by atoms with E-state index in [4.69, 9.17) is 5.73 Å². The van der Waals surface area contributed by atoms with Gasteiger partial charge < -0.3 is 15.7 Å².